The first-order chi connectivity index (χ1) is 15.3. The second-order valence-electron chi connectivity index (χ2n) is 8.45. The zero-order valence-electron chi connectivity index (χ0n) is 18.6. The maximum Gasteiger partial charge on any atom is 0.311 e. The molecule has 2 heterocycles. The van der Waals surface area contributed by atoms with Crippen LogP contribution in [0.3, 0.4) is 0 Å². The highest BCUT2D eigenvalue weighted by Gasteiger charge is 2.27. The lowest BCUT2D eigenvalue weighted by atomic mass is 9.85. The van der Waals surface area contributed by atoms with Crippen LogP contribution in [0.1, 0.15) is 36.8 Å². The summed E-state index contributed by atoms with van der Waals surface area (Å²) in [4.78, 5) is 13.5. The van der Waals surface area contributed by atoms with E-state index in [1.807, 2.05) is 29.6 Å². The third kappa shape index (κ3) is 4.55. The topological polar surface area (TPSA) is 47.6 Å². The molecule has 0 aliphatic carbocycles. The lowest BCUT2D eigenvalue weighted by Gasteiger charge is -2.33. The van der Waals surface area contributed by atoms with Crippen LogP contribution >= 0.6 is 11.3 Å². The van der Waals surface area contributed by atoms with E-state index in [-0.39, 0.29) is 30.4 Å². The number of esters is 1. The first kappa shape index (κ1) is 22.1. The number of hydrogen-bond donors (Lipinski definition) is 1. The minimum absolute atomic E-state index is 0.108. The van der Waals surface area contributed by atoms with E-state index in [1.165, 1.54) is 30.6 Å². The van der Waals surface area contributed by atoms with Crippen molar-refractivity contribution in [3.63, 3.8) is 0 Å². The van der Waals surface area contributed by atoms with E-state index in [1.54, 1.807) is 6.07 Å². The van der Waals surface area contributed by atoms with Crippen molar-refractivity contribution >= 4 is 28.6 Å². The Hall–Kier alpha value is -3.12. The fourth-order valence-electron chi connectivity index (χ4n) is 4.25. The Kier molecular flexibility index (Phi) is 6.07. The van der Waals surface area contributed by atoms with E-state index >= 15 is 0 Å². The third-order valence-electron chi connectivity index (χ3n) is 5.47. The van der Waals surface area contributed by atoms with Gasteiger partial charge < -0.3 is 14.8 Å². The highest BCUT2D eigenvalue weighted by molar-refractivity contribution is 7.10. The van der Waals surface area contributed by atoms with E-state index in [2.05, 4.69) is 32.2 Å². The Morgan fingerprint density at radius 3 is 2.66 bits per heavy atom. The molecule has 1 N–H and O–H groups in total. The fourth-order valence-corrected chi connectivity index (χ4v) is 4.94. The summed E-state index contributed by atoms with van der Waals surface area (Å²) in [5, 5.41) is 5.48. The van der Waals surface area contributed by atoms with Crippen LogP contribution in [0.2, 0.25) is 0 Å². The summed E-state index contributed by atoms with van der Waals surface area (Å²) in [6.45, 7) is 6.38. The summed E-state index contributed by atoms with van der Waals surface area (Å²) < 4.78 is 25.0. The minimum atomic E-state index is -0.369. The molecule has 0 saturated carbocycles. The van der Waals surface area contributed by atoms with Gasteiger partial charge in [0.2, 0.25) is 0 Å². The average molecular weight is 452 g/mol. The normalized spacial score (nSPS) is 14.2. The molecule has 0 unspecified atom stereocenters. The SMILES string of the molecule is COc1cc(F)ccc1-c1ccc2c(c1COC(=O)Cc1cccs1)C(C)=CC(C)(C)N2. The number of rotatable bonds is 6. The molecule has 1 aliphatic heterocycles. The Balaban J connectivity index is 1.77. The predicted octanol–water partition coefficient (Wildman–Crippen LogP) is 6.46. The van der Waals surface area contributed by atoms with E-state index in [0.29, 0.717) is 5.75 Å². The number of allylic oxidation sites excluding steroid dienone is 1. The van der Waals surface area contributed by atoms with E-state index in [9.17, 15) is 9.18 Å². The van der Waals surface area contributed by atoms with Gasteiger partial charge in [0.25, 0.3) is 0 Å². The maximum absolute atomic E-state index is 13.8. The maximum atomic E-state index is 13.8. The predicted molar refractivity (Wildman–Crippen MR) is 128 cm³/mol. The molecular formula is C26H26FNO3S. The number of methoxy groups -OCH3 is 1. The minimum Gasteiger partial charge on any atom is -0.496 e. The van der Waals surface area contributed by atoms with Crippen LogP contribution in [0.25, 0.3) is 16.7 Å². The van der Waals surface area contributed by atoms with E-state index in [4.69, 9.17) is 9.47 Å². The Morgan fingerprint density at radius 1 is 1.16 bits per heavy atom. The number of fused-ring (bicyclic) bond motifs is 1. The summed E-state index contributed by atoms with van der Waals surface area (Å²) >= 11 is 1.53. The van der Waals surface area contributed by atoms with Crippen LogP contribution in [0.4, 0.5) is 10.1 Å². The van der Waals surface area contributed by atoms with Crippen molar-refractivity contribution in [2.24, 2.45) is 0 Å². The van der Waals surface area contributed by atoms with Crippen molar-refractivity contribution in [2.75, 3.05) is 12.4 Å². The number of ether oxygens (including phenoxy) is 2. The van der Waals surface area contributed by atoms with Crippen molar-refractivity contribution in [1.82, 2.24) is 0 Å². The molecule has 166 valence electrons. The highest BCUT2D eigenvalue weighted by Crippen LogP contribution is 2.42. The van der Waals surface area contributed by atoms with Crippen LogP contribution in [-0.4, -0.2) is 18.6 Å². The summed E-state index contributed by atoms with van der Waals surface area (Å²) in [5.41, 5.74) is 5.33. The Bertz CT molecular complexity index is 1180. The molecule has 1 aromatic heterocycles. The molecule has 0 bridgehead atoms. The van der Waals surface area contributed by atoms with Crippen molar-refractivity contribution in [1.29, 1.82) is 0 Å². The van der Waals surface area contributed by atoms with Crippen LogP contribution in [0, 0.1) is 5.82 Å². The summed E-state index contributed by atoms with van der Waals surface area (Å²) in [6.07, 6.45) is 2.40. The average Bonchev–Trinajstić information content (AvgIpc) is 3.24. The fraction of sp³-hybridized carbons (Fsp3) is 0.269. The summed E-state index contributed by atoms with van der Waals surface area (Å²) in [7, 11) is 1.52. The monoisotopic (exact) mass is 451 g/mol. The number of carbonyl (C=O) groups is 1. The van der Waals surface area contributed by atoms with E-state index in [0.717, 1.165) is 38.4 Å². The van der Waals surface area contributed by atoms with Gasteiger partial charge in [0, 0.05) is 33.3 Å². The van der Waals surface area contributed by atoms with Crippen molar-refractivity contribution in [3.8, 4) is 16.9 Å². The van der Waals surface area contributed by atoms with Gasteiger partial charge >= 0.3 is 5.97 Å². The highest BCUT2D eigenvalue weighted by atomic mass is 32.1. The molecule has 4 nitrogen and oxygen atoms in total. The van der Waals surface area contributed by atoms with Gasteiger partial charge in [0.05, 0.1) is 19.1 Å². The molecule has 32 heavy (non-hydrogen) atoms. The molecule has 0 saturated heterocycles. The van der Waals surface area contributed by atoms with Gasteiger partial charge in [0.15, 0.2) is 0 Å². The first-order valence-corrected chi connectivity index (χ1v) is 11.3. The molecule has 0 spiro atoms. The molecule has 2 aromatic carbocycles. The standard InChI is InChI=1S/C26H26FNO3S/c1-16-14-26(2,3)28-22-10-9-19(20-8-7-17(27)12-23(20)30-4)21(25(16)22)15-31-24(29)13-18-6-5-11-32-18/h5-12,14,28H,13,15H2,1-4H3. The summed E-state index contributed by atoms with van der Waals surface area (Å²) in [5.74, 6) is -0.221. The second-order valence-corrected chi connectivity index (χ2v) is 9.48. The van der Waals surface area contributed by atoms with Gasteiger partial charge in [-0.15, -0.1) is 11.3 Å². The Labute approximate surface area is 191 Å². The zero-order chi connectivity index (χ0) is 22.9. The van der Waals surface area contributed by atoms with Crippen LogP contribution < -0.4 is 10.1 Å². The van der Waals surface area contributed by atoms with Gasteiger partial charge in [0.1, 0.15) is 18.2 Å². The lowest BCUT2D eigenvalue weighted by molar-refractivity contribution is -0.144. The number of thiophene rings is 1. The molecule has 0 fully saturated rings. The molecule has 4 rings (SSSR count). The number of carbonyl (C=O) groups excluding carboxylic acids is 1. The van der Waals surface area contributed by atoms with Crippen LogP contribution in [0.15, 0.2) is 53.9 Å². The molecule has 6 heteroatoms. The molecule has 0 amide bonds. The van der Waals surface area contributed by atoms with Gasteiger partial charge in [-0.3, -0.25) is 4.79 Å². The third-order valence-corrected chi connectivity index (χ3v) is 6.35. The van der Waals surface area contributed by atoms with Gasteiger partial charge in [-0.05, 0) is 61.6 Å². The van der Waals surface area contributed by atoms with Crippen LogP contribution in [0.5, 0.6) is 5.75 Å². The number of nitrogens with one attached hydrogen (secondary N) is 1. The van der Waals surface area contributed by atoms with Crippen molar-refractivity contribution in [2.45, 2.75) is 39.3 Å². The van der Waals surface area contributed by atoms with Gasteiger partial charge in [-0.1, -0.05) is 18.2 Å². The molecule has 0 radical (unpaired) electrons. The smallest absolute Gasteiger partial charge is 0.311 e. The quantitative estimate of drug-likeness (QED) is 0.437. The van der Waals surface area contributed by atoms with E-state index < -0.39 is 0 Å². The Morgan fingerprint density at radius 2 is 1.94 bits per heavy atom. The number of anilines is 1. The van der Waals surface area contributed by atoms with Gasteiger partial charge in [-0.2, -0.15) is 0 Å². The molecule has 0 atom stereocenters. The first-order valence-electron chi connectivity index (χ1n) is 10.4. The van der Waals surface area contributed by atoms with Crippen molar-refractivity contribution < 1.29 is 18.7 Å². The number of benzene rings is 2. The molecule has 1 aliphatic rings. The number of halogens is 1. The summed E-state index contributed by atoms with van der Waals surface area (Å²) in [6, 6.07) is 12.3. The van der Waals surface area contributed by atoms with Crippen LogP contribution in [-0.2, 0) is 22.6 Å². The largest absolute Gasteiger partial charge is 0.496 e. The number of hydrogen-bond acceptors (Lipinski definition) is 5. The molecular weight excluding hydrogens is 425 g/mol. The molecule has 3 aromatic rings. The lowest BCUT2D eigenvalue weighted by Crippen LogP contribution is -2.32. The second kappa shape index (κ2) is 8.79. The van der Waals surface area contributed by atoms with Crippen molar-refractivity contribution in [3.05, 3.63) is 75.7 Å². The van der Waals surface area contributed by atoms with Gasteiger partial charge in [-0.25, -0.2) is 4.39 Å². The zero-order valence-corrected chi connectivity index (χ0v) is 19.4.